The molecule has 5 rings (SSSR count). The van der Waals surface area contributed by atoms with Gasteiger partial charge in [0.15, 0.2) is 0 Å². The number of rotatable bonds is 7. The van der Waals surface area contributed by atoms with Gasteiger partial charge in [-0.3, -0.25) is 9.78 Å². The van der Waals surface area contributed by atoms with Crippen LogP contribution in [-0.4, -0.2) is 78.2 Å². The van der Waals surface area contributed by atoms with Crippen LogP contribution < -0.4 is 10.2 Å². The Labute approximate surface area is 217 Å². The van der Waals surface area contributed by atoms with Crippen LogP contribution in [0.1, 0.15) is 49.6 Å². The van der Waals surface area contributed by atoms with Crippen LogP contribution in [0.15, 0.2) is 24.5 Å². The zero-order chi connectivity index (χ0) is 25.3. The fraction of sp³-hybridized carbons (Fsp3) is 0.667. The van der Waals surface area contributed by atoms with Crippen molar-refractivity contribution in [1.82, 2.24) is 15.3 Å². The largest absolute Gasteiger partial charge is 0.396 e. The van der Waals surface area contributed by atoms with Gasteiger partial charge in [0, 0.05) is 40.6 Å². The number of carbonyl (C=O) groups excluding carboxylic acids is 1. The highest BCUT2D eigenvalue weighted by Crippen LogP contribution is 2.62. The second-order valence-corrected chi connectivity index (χ2v) is 12.4. The summed E-state index contributed by atoms with van der Waals surface area (Å²) in [6.45, 7) is 9.28. The molecule has 3 heterocycles. The maximum absolute atomic E-state index is 13.3. The molecule has 2 aromatic rings. The average Bonchev–Trinajstić information content (AvgIpc) is 3.33. The summed E-state index contributed by atoms with van der Waals surface area (Å²) < 4.78 is 5.44. The van der Waals surface area contributed by atoms with E-state index in [-0.39, 0.29) is 29.8 Å². The zero-order valence-corrected chi connectivity index (χ0v) is 22.1. The lowest BCUT2D eigenvalue weighted by molar-refractivity contribution is -0.906. The van der Waals surface area contributed by atoms with Crippen LogP contribution in [0.3, 0.4) is 0 Å². The highest BCUT2D eigenvalue weighted by Gasteiger charge is 2.59. The topological polar surface area (TPSA) is 109 Å². The normalized spacial score (nSPS) is 32.5. The summed E-state index contributed by atoms with van der Waals surface area (Å²) in [6, 6.07) is 3.93. The molecule has 1 aliphatic heterocycles. The number of nitrogens with one attached hydrogen (secondary N) is 2. The zero-order valence-electron chi connectivity index (χ0n) is 21.3. The average molecular weight is 516 g/mol. The molecule has 196 valence electrons. The molecule has 2 aliphatic carbocycles. The van der Waals surface area contributed by atoms with Crippen LogP contribution in [0, 0.1) is 16.7 Å². The molecule has 0 spiro atoms. The number of ether oxygens (including phenoxy) is 1. The monoisotopic (exact) mass is 515 g/mol. The van der Waals surface area contributed by atoms with Crippen molar-refractivity contribution in [3.8, 4) is 10.6 Å². The maximum atomic E-state index is 13.3. The van der Waals surface area contributed by atoms with Gasteiger partial charge in [-0.15, -0.1) is 11.3 Å². The minimum absolute atomic E-state index is 0.0493. The van der Waals surface area contributed by atoms with E-state index in [9.17, 15) is 15.0 Å². The third kappa shape index (κ3) is 4.72. The molecule has 2 fully saturated rings. The van der Waals surface area contributed by atoms with Crippen LogP contribution in [0.5, 0.6) is 0 Å². The number of aromatic nitrogens is 2. The number of fused-ring (bicyclic) bond motifs is 2. The molecule has 1 saturated heterocycles. The second kappa shape index (κ2) is 10.5. The molecule has 2 aromatic heterocycles. The highest BCUT2D eigenvalue weighted by atomic mass is 32.1. The Morgan fingerprint density at radius 3 is 2.86 bits per heavy atom. The number of aliphatic hydroxyl groups is 2. The molecule has 36 heavy (non-hydrogen) atoms. The molecule has 9 heteroatoms. The minimum atomic E-state index is -0.614. The number of morpholine rings is 1. The highest BCUT2D eigenvalue weighted by molar-refractivity contribution is 7.15. The van der Waals surface area contributed by atoms with Crippen molar-refractivity contribution >= 4 is 17.2 Å². The SMILES string of the molecule is C[C@]1(CO)[C@H]2Cc3sc(-c4cccnc4)nc3[C@@H](CC(=O)NCC[NH+]3CCOCC3)[C@]2(C)CC[C@H]1O. The number of amides is 1. The Kier molecular flexibility index (Phi) is 7.47. The number of aliphatic hydroxyl groups excluding tert-OH is 2. The fourth-order valence-electron chi connectivity index (χ4n) is 6.80. The number of pyridine rings is 1. The molecule has 1 saturated carbocycles. The van der Waals surface area contributed by atoms with E-state index >= 15 is 0 Å². The lowest BCUT2D eigenvalue weighted by atomic mass is 9.47. The van der Waals surface area contributed by atoms with E-state index in [0.29, 0.717) is 19.4 Å². The third-order valence-electron chi connectivity index (χ3n) is 9.19. The van der Waals surface area contributed by atoms with Crippen LogP contribution in [0.4, 0.5) is 0 Å². The van der Waals surface area contributed by atoms with Crippen LogP contribution in [0.2, 0.25) is 0 Å². The van der Waals surface area contributed by atoms with Crippen molar-refractivity contribution in [1.29, 1.82) is 0 Å². The molecular weight excluding hydrogens is 476 g/mol. The van der Waals surface area contributed by atoms with Crippen LogP contribution in [-0.2, 0) is 16.0 Å². The number of quaternary nitrogens is 1. The van der Waals surface area contributed by atoms with E-state index in [4.69, 9.17) is 9.72 Å². The summed E-state index contributed by atoms with van der Waals surface area (Å²) in [5.41, 5.74) is 1.14. The first-order valence-corrected chi connectivity index (χ1v) is 14.0. The van der Waals surface area contributed by atoms with Crippen molar-refractivity contribution in [2.45, 2.75) is 51.6 Å². The molecular formula is C27H39N4O4S+. The summed E-state index contributed by atoms with van der Waals surface area (Å²) in [4.78, 5) is 25.3. The van der Waals surface area contributed by atoms with E-state index in [1.54, 1.807) is 17.5 Å². The number of nitrogens with zero attached hydrogens (tertiary/aromatic N) is 2. The summed E-state index contributed by atoms with van der Waals surface area (Å²) in [6.07, 6.45) is 5.59. The van der Waals surface area contributed by atoms with Gasteiger partial charge in [-0.1, -0.05) is 13.8 Å². The molecule has 5 atom stereocenters. The molecule has 4 N–H and O–H groups in total. The van der Waals surface area contributed by atoms with E-state index in [0.717, 1.165) is 62.0 Å². The first kappa shape index (κ1) is 25.7. The molecule has 0 radical (unpaired) electrons. The maximum Gasteiger partial charge on any atom is 0.220 e. The van der Waals surface area contributed by atoms with Crippen molar-refractivity contribution in [3.05, 3.63) is 35.1 Å². The van der Waals surface area contributed by atoms with E-state index < -0.39 is 11.5 Å². The summed E-state index contributed by atoms with van der Waals surface area (Å²) >= 11 is 1.66. The van der Waals surface area contributed by atoms with Crippen LogP contribution >= 0.6 is 11.3 Å². The molecule has 3 aliphatic rings. The van der Waals surface area contributed by atoms with Crippen molar-refractivity contribution in [3.63, 3.8) is 0 Å². The van der Waals surface area contributed by atoms with E-state index in [2.05, 4.69) is 17.2 Å². The first-order valence-electron chi connectivity index (χ1n) is 13.2. The van der Waals surface area contributed by atoms with Gasteiger partial charge in [-0.25, -0.2) is 4.98 Å². The van der Waals surface area contributed by atoms with Gasteiger partial charge in [0.25, 0.3) is 0 Å². The predicted octanol–water partition coefficient (Wildman–Crippen LogP) is 1.04. The van der Waals surface area contributed by atoms with Crippen molar-refractivity contribution in [2.75, 3.05) is 46.0 Å². The summed E-state index contributed by atoms with van der Waals surface area (Å²) in [5, 5.41) is 25.5. The summed E-state index contributed by atoms with van der Waals surface area (Å²) in [7, 11) is 0. The number of carbonyl (C=O) groups is 1. The molecule has 0 aromatic carbocycles. The fourth-order valence-corrected chi connectivity index (χ4v) is 7.96. The van der Waals surface area contributed by atoms with Gasteiger partial charge in [-0.05, 0) is 42.7 Å². The molecule has 0 unspecified atom stereocenters. The van der Waals surface area contributed by atoms with Gasteiger partial charge < -0.3 is 25.2 Å². The Bertz CT molecular complexity index is 1060. The van der Waals surface area contributed by atoms with Gasteiger partial charge in [0.05, 0.1) is 44.7 Å². The number of hydrogen-bond donors (Lipinski definition) is 4. The van der Waals surface area contributed by atoms with Gasteiger partial charge >= 0.3 is 0 Å². The van der Waals surface area contributed by atoms with Crippen molar-refractivity contribution < 1.29 is 24.6 Å². The molecule has 1 amide bonds. The van der Waals surface area contributed by atoms with Gasteiger partial charge in [-0.2, -0.15) is 0 Å². The van der Waals surface area contributed by atoms with Crippen LogP contribution in [0.25, 0.3) is 10.6 Å². The Morgan fingerprint density at radius 1 is 1.33 bits per heavy atom. The van der Waals surface area contributed by atoms with Gasteiger partial charge in [0.2, 0.25) is 5.91 Å². The Morgan fingerprint density at radius 2 is 2.14 bits per heavy atom. The lowest BCUT2D eigenvalue weighted by Crippen LogP contribution is -3.14. The lowest BCUT2D eigenvalue weighted by Gasteiger charge is -2.58. The third-order valence-corrected chi connectivity index (χ3v) is 10.3. The van der Waals surface area contributed by atoms with Gasteiger partial charge in [0.1, 0.15) is 18.1 Å². The number of thiazole rings is 1. The Hall–Kier alpha value is -1.91. The molecule has 8 nitrogen and oxygen atoms in total. The first-order chi connectivity index (χ1) is 17.3. The quantitative estimate of drug-likeness (QED) is 0.439. The van der Waals surface area contributed by atoms with E-state index in [1.165, 1.54) is 9.78 Å². The predicted molar refractivity (Wildman–Crippen MR) is 138 cm³/mol. The van der Waals surface area contributed by atoms with E-state index in [1.807, 2.05) is 25.3 Å². The second-order valence-electron chi connectivity index (χ2n) is 11.3. The molecule has 0 bridgehead atoms. The smallest absolute Gasteiger partial charge is 0.220 e. The number of hydrogen-bond acceptors (Lipinski definition) is 7. The van der Waals surface area contributed by atoms with Crippen molar-refractivity contribution in [2.24, 2.45) is 16.7 Å². The standard InChI is InChI=1S/C27H38N4O4S/c1-26-6-5-22(33)27(2,17-32)21(26)15-20-24(30-25(36-20)18-4-3-7-28-16-18)19(26)14-23(34)29-8-9-31-10-12-35-13-11-31/h3-4,7,16,19,21-22,32-33H,5-6,8-15,17H2,1-2H3,(H,29,34)/p+1/t19-,21+,22-,26+,27+/m1/s1. The summed E-state index contributed by atoms with van der Waals surface area (Å²) in [5.74, 6) is 0.0410. The minimum Gasteiger partial charge on any atom is -0.396 e. The Balaban J connectivity index is 1.42.